The minimum atomic E-state index is -0.410. The molecule has 0 saturated heterocycles. The van der Waals surface area contributed by atoms with Crippen LogP contribution in [-0.2, 0) is 9.53 Å². The Bertz CT molecular complexity index is 624. The number of aliphatic imine (C=N–C) groups is 1. The number of para-hydroxylation sites is 1. The summed E-state index contributed by atoms with van der Waals surface area (Å²) in [7, 11) is 0. The average molecular weight is 287 g/mol. The largest absolute Gasteiger partial charge is 0.462 e. The fourth-order valence-electron chi connectivity index (χ4n) is 2.59. The molecule has 6 heteroatoms. The van der Waals surface area contributed by atoms with Gasteiger partial charge in [-0.2, -0.15) is 0 Å². The molecule has 2 amide bonds. The summed E-state index contributed by atoms with van der Waals surface area (Å²) in [4.78, 5) is 31.9. The van der Waals surface area contributed by atoms with Crippen molar-refractivity contribution in [3.8, 4) is 0 Å². The Kier molecular flexibility index (Phi) is 3.37. The van der Waals surface area contributed by atoms with Crippen LogP contribution in [0.15, 0.2) is 29.3 Å². The minimum Gasteiger partial charge on any atom is -0.462 e. The summed E-state index contributed by atoms with van der Waals surface area (Å²) in [6, 6.07) is 7.27. The van der Waals surface area contributed by atoms with Crippen molar-refractivity contribution >= 4 is 23.5 Å². The third kappa shape index (κ3) is 2.37. The Balaban J connectivity index is 1.94. The van der Waals surface area contributed by atoms with E-state index in [1.165, 1.54) is 4.90 Å². The van der Waals surface area contributed by atoms with E-state index >= 15 is 0 Å². The van der Waals surface area contributed by atoms with Gasteiger partial charge in [-0.05, 0) is 26.0 Å². The maximum Gasteiger partial charge on any atom is 0.330 e. The van der Waals surface area contributed by atoms with E-state index in [-0.39, 0.29) is 18.7 Å². The number of amides is 2. The van der Waals surface area contributed by atoms with Crippen molar-refractivity contribution in [2.45, 2.75) is 20.0 Å². The Morgan fingerprint density at radius 2 is 2.14 bits per heavy atom. The molecule has 2 aliphatic heterocycles. The van der Waals surface area contributed by atoms with Crippen LogP contribution in [0.5, 0.6) is 0 Å². The van der Waals surface area contributed by atoms with E-state index in [0.717, 1.165) is 5.56 Å². The number of hydrogen-bond acceptors (Lipinski definition) is 4. The van der Waals surface area contributed by atoms with Crippen molar-refractivity contribution in [1.82, 2.24) is 4.90 Å². The van der Waals surface area contributed by atoms with Crippen molar-refractivity contribution < 1.29 is 14.3 Å². The van der Waals surface area contributed by atoms with Crippen LogP contribution in [0.25, 0.3) is 0 Å². The SMILES string of the molecule is CC(C)OC(=O)CN1C(=O)N2CCN=C2c2ccccc21. The van der Waals surface area contributed by atoms with Gasteiger partial charge in [0, 0.05) is 12.1 Å². The van der Waals surface area contributed by atoms with Gasteiger partial charge in [-0.25, -0.2) is 4.79 Å². The Hall–Kier alpha value is -2.37. The molecule has 0 aromatic heterocycles. The number of amidine groups is 1. The lowest BCUT2D eigenvalue weighted by Crippen LogP contribution is -2.51. The predicted molar refractivity (Wildman–Crippen MR) is 78.5 cm³/mol. The second-order valence-corrected chi connectivity index (χ2v) is 5.28. The molecule has 0 spiro atoms. The summed E-state index contributed by atoms with van der Waals surface area (Å²) >= 11 is 0. The van der Waals surface area contributed by atoms with Crippen LogP contribution in [0.3, 0.4) is 0 Å². The van der Waals surface area contributed by atoms with E-state index in [4.69, 9.17) is 4.74 Å². The highest BCUT2D eigenvalue weighted by molar-refractivity contribution is 6.20. The number of ether oxygens (including phenoxy) is 1. The topological polar surface area (TPSA) is 62.2 Å². The molecular weight excluding hydrogens is 270 g/mol. The number of carbonyl (C=O) groups is 2. The zero-order valence-corrected chi connectivity index (χ0v) is 12.1. The standard InChI is InChI=1S/C15H17N3O3/c1-10(2)21-13(19)9-18-12-6-4-3-5-11(12)14-16-7-8-17(14)15(18)20/h3-6,10H,7-9H2,1-2H3. The summed E-state index contributed by atoms with van der Waals surface area (Å²) in [5.41, 5.74) is 1.59. The van der Waals surface area contributed by atoms with Gasteiger partial charge >= 0.3 is 12.0 Å². The van der Waals surface area contributed by atoms with Gasteiger partial charge < -0.3 is 4.74 Å². The first-order valence-electron chi connectivity index (χ1n) is 7.00. The molecule has 0 bridgehead atoms. The molecule has 2 aliphatic rings. The van der Waals surface area contributed by atoms with Gasteiger partial charge in [-0.1, -0.05) is 12.1 Å². The molecule has 0 radical (unpaired) electrons. The Morgan fingerprint density at radius 3 is 2.90 bits per heavy atom. The van der Waals surface area contributed by atoms with Gasteiger partial charge in [-0.15, -0.1) is 0 Å². The molecule has 1 aromatic rings. The van der Waals surface area contributed by atoms with Gasteiger partial charge in [0.05, 0.1) is 18.3 Å². The first-order valence-corrected chi connectivity index (χ1v) is 7.00. The third-order valence-corrected chi connectivity index (χ3v) is 3.39. The van der Waals surface area contributed by atoms with Crippen LogP contribution >= 0.6 is 0 Å². The zero-order valence-electron chi connectivity index (χ0n) is 12.1. The summed E-state index contributed by atoms with van der Waals surface area (Å²) in [6.07, 6.45) is -0.198. The highest BCUT2D eigenvalue weighted by Crippen LogP contribution is 2.30. The zero-order chi connectivity index (χ0) is 15.0. The van der Waals surface area contributed by atoms with Crippen molar-refractivity contribution in [3.63, 3.8) is 0 Å². The van der Waals surface area contributed by atoms with Gasteiger partial charge in [0.1, 0.15) is 12.4 Å². The van der Waals surface area contributed by atoms with Crippen molar-refractivity contribution in [3.05, 3.63) is 29.8 Å². The Labute approximate surface area is 123 Å². The number of anilines is 1. The van der Waals surface area contributed by atoms with E-state index in [1.807, 2.05) is 24.3 Å². The number of urea groups is 1. The van der Waals surface area contributed by atoms with Gasteiger partial charge in [-0.3, -0.25) is 19.6 Å². The quantitative estimate of drug-likeness (QED) is 0.794. The van der Waals surface area contributed by atoms with Crippen molar-refractivity contribution in [2.75, 3.05) is 24.5 Å². The average Bonchev–Trinajstić information content (AvgIpc) is 2.92. The molecule has 0 aliphatic carbocycles. The Morgan fingerprint density at radius 1 is 1.38 bits per heavy atom. The van der Waals surface area contributed by atoms with Crippen LogP contribution in [0.4, 0.5) is 10.5 Å². The summed E-state index contributed by atoms with van der Waals surface area (Å²) in [5.74, 6) is 0.289. The normalized spacial score (nSPS) is 16.7. The first kappa shape index (κ1) is 13.6. The lowest BCUT2D eigenvalue weighted by Gasteiger charge is -2.34. The number of esters is 1. The van der Waals surface area contributed by atoms with E-state index < -0.39 is 5.97 Å². The number of benzene rings is 1. The van der Waals surface area contributed by atoms with E-state index in [1.54, 1.807) is 18.7 Å². The van der Waals surface area contributed by atoms with Crippen LogP contribution in [0.2, 0.25) is 0 Å². The van der Waals surface area contributed by atoms with Crippen molar-refractivity contribution in [2.24, 2.45) is 4.99 Å². The summed E-state index contributed by atoms with van der Waals surface area (Å²) < 4.78 is 5.15. The molecule has 2 heterocycles. The molecule has 3 rings (SSSR count). The van der Waals surface area contributed by atoms with Crippen molar-refractivity contribution in [1.29, 1.82) is 0 Å². The molecule has 0 unspecified atom stereocenters. The highest BCUT2D eigenvalue weighted by Gasteiger charge is 2.37. The smallest absolute Gasteiger partial charge is 0.330 e. The number of rotatable bonds is 3. The van der Waals surface area contributed by atoms with E-state index in [0.29, 0.717) is 24.6 Å². The molecule has 6 nitrogen and oxygen atoms in total. The fourth-order valence-corrected chi connectivity index (χ4v) is 2.59. The number of nitrogens with zero attached hydrogens (tertiary/aromatic N) is 3. The van der Waals surface area contributed by atoms with Gasteiger partial charge in [0.15, 0.2) is 0 Å². The van der Waals surface area contributed by atoms with Gasteiger partial charge in [0.25, 0.3) is 0 Å². The number of hydrogen-bond donors (Lipinski definition) is 0. The lowest BCUT2D eigenvalue weighted by molar-refractivity contribution is -0.145. The number of fused-ring (bicyclic) bond motifs is 3. The molecule has 0 fully saturated rings. The number of carbonyl (C=O) groups excluding carboxylic acids is 2. The lowest BCUT2D eigenvalue weighted by atomic mass is 10.1. The summed E-state index contributed by atoms with van der Waals surface area (Å²) in [5, 5.41) is 0. The van der Waals surface area contributed by atoms with Crippen LogP contribution in [0, 0.1) is 0 Å². The van der Waals surface area contributed by atoms with E-state index in [2.05, 4.69) is 4.99 Å². The molecule has 0 N–H and O–H groups in total. The van der Waals surface area contributed by atoms with Gasteiger partial charge in [0.2, 0.25) is 0 Å². The fraction of sp³-hybridized carbons (Fsp3) is 0.400. The molecule has 0 saturated carbocycles. The second-order valence-electron chi connectivity index (χ2n) is 5.28. The maximum absolute atomic E-state index is 12.6. The second kappa shape index (κ2) is 5.20. The maximum atomic E-state index is 12.6. The monoisotopic (exact) mass is 287 g/mol. The predicted octanol–water partition coefficient (Wildman–Crippen LogP) is 1.64. The third-order valence-electron chi connectivity index (χ3n) is 3.39. The van der Waals surface area contributed by atoms with E-state index in [9.17, 15) is 9.59 Å². The van der Waals surface area contributed by atoms with Crippen LogP contribution in [-0.4, -0.2) is 48.5 Å². The minimum absolute atomic E-state index is 0.0855. The molecular formula is C15H17N3O3. The molecule has 1 aromatic carbocycles. The molecule has 110 valence electrons. The van der Waals surface area contributed by atoms with Crippen LogP contribution < -0.4 is 4.90 Å². The highest BCUT2D eigenvalue weighted by atomic mass is 16.5. The summed E-state index contributed by atoms with van der Waals surface area (Å²) in [6.45, 7) is 4.64. The van der Waals surface area contributed by atoms with Crippen LogP contribution in [0.1, 0.15) is 19.4 Å². The molecule has 0 atom stereocenters. The first-order chi connectivity index (χ1) is 10.1. The molecule has 21 heavy (non-hydrogen) atoms.